The largest absolute Gasteiger partial charge is 0.491 e. The van der Waals surface area contributed by atoms with Crippen molar-refractivity contribution in [3.8, 4) is 11.6 Å². The van der Waals surface area contributed by atoms with Gasteiger partial charge >= 0.3 is 0 Å². The standard InChI is InChI=1S/C19H24N2O2/c1-12(2)22-15-5-3-13-7-8-21-19(16(13)9-15)23-18-6-4-14-10-20-11-17(14)18/h3,5,7-9,12,14,17-18,20H,4,6,10-11H2,1-2H3/t14-,17+,18?/m1/s1. The molecule has 1 aliphatic carbocycles. The van der Waals surface area contributed by atoms with Crippen molar-refractivity contribution in [1.82, 2.24) is 10.3 Å². The smallest absolute Gasteiger partial charge is 0.221 e. The van der Waals surface area contributed by atoms with Gasteiger partial charge < -0.3 is 14.8 Å². The molecular formula is C19H24N2O2. The number of benzene rings is 1. The lowest BCUT2D eigenvalue weighted by Gasteiger charge is -2.20. The molecular weight excluding hydrogens is 288 g/mol. The molecule has 0 amide bonds. The lowest BCUT2D eigenvalue weighted by Crippen LogP contribution is -2.26. The predicted molar refractivity (Wildman–Crippen MR) is 91.0 cm³/mol. The monoisotopic (exact) mass is 312 g/mol. The van der Waals surface area contributed by atoms with Crippen LogP contribution in [0.1, 0.15) is 26.7 Å². The Labute approximate surface area is 137 Å². The van der Waals surface area contributed by atoms with Gasteiger partial charge in [-0.1, -0.05) is 6.07 Å². The van der Waals surface area contributed by atoms with Crippen LogP contribution in [0, 0.1) is 11.8 Å². The summed E-state index contributed by atoms with van der Waals surface area (Å²) in [6.07, 6.45) is 4.67. The maximum atomic E-state index is 6.36. The van der Waals surface area contributed by atoms with Crippen molar-refractivity contribution in [2.75, 3.05) is 13.1 Å². The van der Waals surface area contributed by atoms with Gasteiger partial charge in [0.25, 0.3) is 0 Å². The number of aromatic nitrogens is 1. The molecule has 0 radical (unpaired) electrons. The van der Waals surface area contributed by atoms with Crippen molar-refractivity contribution in [1.29, 1.82) is 0 Å². The van der Waals surface area contributed by atoms with E-state index in [0.717, 1.165) is 47.8 Å². The van der Waals surface area contributed by atoms with Crippen LogP contribution in [0.2, 0.25) is 0 Å². The number of hydrogen-bond donors (Lipinski definition) is 1. The van der Waals surface area contributed by atoms with Crippen LogP contribution in [-0.4, -0.2) is 30.3 Å². The van der Waals surface area contributed by atoms with E-state index in [9.17, 15) is 0 Å². The van der Waals surface area contributed by atoms with Gasteiger partial charge in [-0.25, -0.2) is 4.98 Å². The van der Waals surface area contributed by atoms with E-state index in [1.165, 1.54) is 6.42 Å². The molecule has 4 rings (SSSR count). The number of nitrogens with zero attached hydrogens (tertiary/aromatic N) is 1. The van der Waals surface area contributed by atoms with Gasteiger partial charge in [0.1, 0.15) is 11.9 Å². The van der Waals surface area contributed by atoms with E-state index in [2.05, 4.69) is 22.4 Å². The second-order valence-electron chi connectivity index (χ2n) is 6.98. The second-order valence-corrected chi connectivity index (χ2v) is 6.98. The van der Waals surface area contributed by atoms with Gasteiger partial charge in [0.15, 0.2) is 0 Å². The molecule has 3 atom stereocenters. The Balaban J connectivity index is 1.63. The van der Waals surface area contributed by atoms with E-state index < -0.39 is 0 Å². The first kappa shape index (κ1) is 14.8. The molecule has 1 saturated heterocycles. The zero-order chi connectivity index (χ0) is 15.8. The van der Waals surface area contributed by atoms with Gasteiger partial charge in [-0.2, -0.15) is 0 Å². The molecule has 1 aliphatic heterocycles. The molecule has 122 valence electrons. The fourth-order valence-corrected chi connectivity index (χ4v) is 3.95. The van der Waals surface area contributed by atoms with E-state index in [1.54, 1.807) is 0 Å². The van der Waals surface area contributed by atoms with Crippen LogP contribution in [0.4, 0.5) is 0 Å². The molecule has 2 fully saturated rings. The van der Waals surface area contributed by atoms with Crippen LogP contribution < -0.4 is 14.8 Å². The highest BCUT2D eigenvalue weighted by atomic mass is 16.5. The number of pyridine rings is 1. The lowest BCUT2D eigenvalue weighted by molar-refractivity contribution is 0.154. The SMILES string of the molecule is CC(C)Oc1ccc2ccnc(OC3CC[C@@H]4CNC[C@H]34)c2c1. The average Bonchev–Trinajstić information content (AvgIpc) is 3.12. The van der Waals surface area contributed by atoms with Crippen molar-refractivity contribution in [3.63, 3.8) is 0 Å². The maximum Gasteiger partial charge on any atom is 0.221 e. The average molecular weight is 312 g/mol. The Bertz CT molecular complexity index is 701. The molecule has 1 unspecified atom stereocenters. The Morgan fingerprint density at radius 3 is 2.96 bits per heavy atom. The molecule has 2 aliphatic rings. The van der Waals surface area contributed by atoms with E-state index in [4.69, 9.17) is 9.47 Å². The Morgan fingerprint density at radius 1 is 1.17 bits per heavy atom. The summed E-state index contributed by atoms with van der Waals surface area (Å²) < 4.78 is 12.2. The van der Waals surface area contributed by atoms with E-state index in [-0.39, 0.29) is 12.2 Å². The summed E-state index contributed by atoms with van der Waals surface area (Å²) in [6.45, 7) is 6.29. The lowest BCUT2D eigenvalue weighted by atomic mass is 9.99. The second kappa shape index (κ2) is 6.00. The summed E-state index contributed by atoms with van der Waals surface area (Å²) in [5.41, 5.74) is 0. The molecule has 23 heavy (non-hydrogen) atoms. The number of nitrogens with one attached hydrogen (secondary N) is 1. The number of ether oxygens (including phenoxy) is 2. The first-order valence-electron chi connectivity index (χ1n) is 8.63. The minimum Gasteiger partial charge on any atom is -0.491 e. The van der Waals surface area contributed by atoms with Gasteiger partial charge in [-0.3, -0.25) is 0 Å². The molecule has 1 aromatic carbocycles. The fourth-order valence-electron chi connectivity index (χ4n) is 3.95. The molecule has 0 bridgehead atoms. The van der Waals surface area contributed by atoms with E-state index in [0.29, 0.717) is 5.92 Å². The minimum absolute atomic E-state index is 0.161. The van der Waals surface area contributed by atoms with Gasteiger partial charge in [0.05, 0.1) is 6.10 Å². The molecule has 1 saturated carbocycles. The van der Waals surface area contributed by atoms with Crippen LogP contribution in [0.15, 0.2) is 30.5 Å². The topological polar surface area (TPSA) is 43.4 Å². The fraction of sp³-hybridized carbons (Fsp3) is 0.526. The highest BCUT2D eigenvalue weighted by Crippen LogP contribution is 2.38. The van der Waals surface area contributed by atoms with Crippen LogP contribution >= 0.6 is 0 Å². The number of hydrogen-bond acceptors (Lipinski definition) is 4. The third-order valence-corrected chi connectivity index (χ3v) is 5.03. The summed E-state index contributed by atoms with van der Waals surface area (Å²) in [5.74, 6) is 3.02. The van der Waals surface area contributed by atoms with E-state index in [1.807, 2.05) is 32.2 Å². The van der Waals surface area contributed by atoms with Crippen molar-refractivity contribution in [2.45, 2.75) is 38.9 Å². The summed E-state index contributed by atoms with van der Waals surface area (Å²) in [4.78, 5) is 4.51. The van der Waals surface area contributed by atoms with Crippen LogP contribution in [-0.2, 0) is 0 Å². The van der Waals surface area contributed by atoms with Crippen molar-refractivity contribution in [2.24, 2.45) is 11.8 Å². The summed E-state index contributed by atoms with van der Waals surface area (Å²) >= 11 is 0. The third-order valence-electron chi connectivity index (χ3n) is 5.03. The Hall–Kier alpha value is -1.81. The van der Waals surface area contributed by atoms with Crippen molar-refractivity contribution in [3.05, 3.63) is 30.5 Å². The predicted octanol–water partition coefficient (Wildman–Crippen LogP) is 3.40. The maximum absolute atomic E-state index is 6.36. The molecule has 4 nitrogen and oxygen atoms in total. The van der Waals surface area contributed by atoms with Crippen molar-refractivity contribution >= 4 is 10.8 Å². The molecule has 1 aromatic heterocycles. The molecule has 1 N–H and O–H groups in total. The number of fused-ring (bicyclic) bond motifs is 2. The van der Waals surface area contributed by atoms with Gasteiger partial charge in [-0.05, 0) is 62.7 Å². The zero-order valence-corrected chi connectivity index (χ0v) is 13.8. The summed E-state index contributed by atoms with van der Waals surface area (Å²) in [7, 11) is 0. The van der Waals surface area contributed by atoms with Crippen LogP contribution in [0.3, 0.4) is 0 Å². The molecule has 0 spiro atoms. The third kappa shape index (κ3) is 2.88. The Morgan fingerprint density at radius 2 is 2.09 bits per heavy atom. The first-order valence-corrected chi connectivity index (χ1v) is 8.63. The summed E-state index contributed by atoms with van der Waals surface area (Å²) in [5, 5.41) is 5.67. The normalized spacial score (nSPS) is 26.7. The highest BCUT2D eigenvalue weighted by Gasteiger charge is 2.40. The molecule has 2 heterocycles. The van der Waals surface area contributed by atoms with Crippen LogP contribution in [0.5, 0.6) is 11.6 Å². The molecule has 2 aromatic rings. The zero-order valence-electron chi connectivity index (χ0n) is 13.8. The molecule has 4 heteroatoms. The first-order chi connectivity index (χ1) is 11.2. The van der Waals surface area contributed by atoms with Crippen LogP contribution in [0.25, 0.3) is 10.8 Å². The van der Waals surface area contributed by atoms with Gasteiger partial charge in [-0.15, -0.1) is 0 Å². The van der Waals surface area contributed by atoms with Crippen molar-refractivity contribution < 1.29 is 9.47 Å². The van der Waals surface area contributed by atoms with E-state index >= 15 is 0 Å². The van der Waals surface area contributed by atoms with Gasteiger partial charge in [0.2, 0.25) is 5.88 Å². The highest BCUT2D eigenvalue weighted by molar-refractivity contribution is 5.88. The minimum atomic E-state index is 0.161. The van der Waals surface area contributed by atoms with Gasteiger partial charge in [0, 0.05) is 24.0 Å². The number of rotatable bonds is 4. The quantitative estimate of drug-likeness (QED) is 0.939. The Kier molecular flexibility index (Phi) is 3.85. The summed E-state index contributed by atoms with van der Waals surface area (Å²) in [6, 6.07) is 8.17.